The van der Waals surface area contributed by atoms with E-state index in [1.807, 2.05) is 0 Å². The Morgan fingerprint density at radius 2 is 1.69 bits per heavy atom. The zero-order valence-electron chi connectivity index (χ0n) is 21.2. The molecule has 12 heteroatoms. The van der Waals surface area contributed by atoms with Gasteiger partial charge < -0.3 is 24.3 Å². The number of fused-ring (bicyclic) bond motifs is 1. The maximum absolute atomic E-state index is 13.3. The minimum atomic E-state index is -1.13. The van der Waals surface area contributed by atoms with Crippen LogP contribution in [0.15, 0.2) is 42.6 Å². The van der Waals surface area contributed by atoms with Gasteiger partial charge in [-0.2, -0.15) is 0 Å². The van der Waals surface area contributed by atoms with Crippen molar-refractivity contribution in [1.82, 2.24) is 25.2 Å². The number of esters is 1. The van der Waals surface area contributed by atoms with Crippen molar-refractivity contribution in [2.24, 2.45) is 0 Å². The molecule has 0 spiro atoms. The molecular weight excluding hydrogens is 470 g/mol. The van der Waals surface area contributed by atoms with Gasteiger partial charge in [-0.1, -0.05) is 22.0 Å². The van der Waals surface area contributed by atoms with Crippen molar-refractivity contribution in [2.45, 2.75) is 65.2 Å². The van der Waals surface area contributed by atoms with Crippen molar-refractivity contribution < 1.29 is 33.8 Å². The summed E-state index contributed by atoms with van der Waals surface area (Å²) in [6.45, 7) is 9.82. The van der Waals surface area contributed by atoms with Gasteiger partial charge in [0.1, 0.15) is 22.5 Å². The minimum Gasteiger partial charge on any atom is -0.508 e. The van der Waals surface area contributed by atoms with E-state index in [0.29, 0.717) is 16.7 Å². The lowest BCUT2D eigenvalue weighted by Gasteiger charge is -2.31. The number of nitrogens with zero attached hydrogens (tertiary/aromatic N) is 5. The number of aromatic nitrogens is 4. The molecule has 12 nitrogen and oxygen atoms in total. The number of benzene rings is 1. The number of hydrogen-bond donors (Lipinski definition) is 1. The van der Waals surface area contributed by atoms with Crippen LogP contribution in [-0.2, 0) is 25.5 Å². The average molecular weight is 502 g/mol. The number of carbonyl (C=O) groups is 2. The molecule has 194 valence electrons. The second-order valence-corrected chi connectivity index (χ2v) is 9.96. The van der Waals surface area contributed by atoms with E-state index in [4.69, 9.17) is 19.1 Å². The summed E-state index contributed by atoms with van der Waals surface area (Å²) in [6.07, 6.45) is 0.603. The van der Waals surface area contributed by atoms with Gasteiger partial charge in [0.2, 0.25) is 12.4 Å². The van der Waals surface area contributed by atoms with Crippen LogP contribution in [0.5, 0.6) is 5.75 Å². The monoisotopic (exact) mass is 501 g/mol. The first-order valence-corrected chi connectivity index (χ1v) is 11.3. The molecular formula is C24H31N5O7. The highest BCUT2D eigenvalue weighted by Crippen LogP contribution is 2.19. The van der Waals surface area contributed by atoms with Crippen molar-refractivity contribution in [3.05, 3.63) is 48.2 Å². The molecule has 1 atom stereocenters. The fourth-order valence-electron chi connectivity index (χ4n) is 3.03. The van der Waals surface area contributed by atoms with Crippen LogP contribution in [0.1, 0.15) is 47.1 Å². The average Bonchev–Trinajstić information content (AvgIpc) is 3.17. The van der Waals surface area contributed by atoms with Crippen LogP contribution in [0.3, 0.4) is 0 Å². The van der Waals surface area contributed by atoms with E-state index in [-0.39, 0.29) is 12.2 Å². The number of hydrogen-bond acceptors (Lipinski definition) is 11. The molecule has 0 aliphatic heterocycles. The molecule has 2 aromatic heterocycles. The zero-order valence-corrected chi connectivity index (χ0v) is 21.2. The Labute approximate surface area is 208 Å². The van der Waals surface area contributed by atoms with Crippen LogP contribution in [0.4, 0.5) is 4.79 Å². The van der Waals surface area contributed by atoms with Crippen molar-refractivity contribution in [3.63, 3.8) is 0 Å². The number of rotatable bonds is 8. The lowest BCUT2D eigenvalue weighted by molar-refractivity contribution is -0.222. The smallest absolute Gasteiger partial charge is 0.508 e. The third-order valence-electron chi connectivity index (χ3n) is 4.47. The van der Waals surface area contributed by atoms with E-state index in [1.165, 1.54) is 12.1 Å². The molecule has 0 radical (unpaired) electrons. The molecule has 2 heterocycles. The van der Waals surface area contributed by atoms with Gasteiger partial charge in [-0.25, -0.2) is 9.78 Å². The third-order valence-corrected chi connectivity index (χ3v) is 4.47. The third kappa shape index (κ3) is 7.80. The van der Waals surface area contributed by atoms with Crippen molar-refractivity contribution >= 4 is 23.3 Å². The first-order chi connectivity index (χ1) is 16.8. The second kappa shape index (κ2) is 10.8. The summed E-state index contributed by atoms with van der Waals surface area (Å²) in [5.74, 6) is -0.586. The maximum atomic E-state index is 13.3. The van der Waals surface area contributed by atoms with Gasteiger partial charge in [0.15, 0.2) is 6.04 Å². The van der Waals surface area contributed by atoms with E-state index in [2.05, 4.69) is 15.3 Å². The standard InChI is InChI=1S/C24H31N5O7/c1-23(2,3)34-21(31)19(14-16-9-11-17(30)12-10-16)28(36-22(32)35-24(4,5)6)15-33-29-18-8-7-13-25-20(18)26-27-29/h7-13,19,30H,14-15H2,1-6H3/t19-/m1/s1. The van der Waals surface area contributed by atoms with Crippen molar-refractivity contribution in [1.29, 1.82) is 0 Å². The Bertz CT molecular complexity index is 1180. The predicted molar refractivity (Wildman–Crippen MR) is 127 cm³/mol. The molecule has 0 aliphatic rings. The van der Waals surface area contributed by atoms with Crippen LogP contribution in [-0.4, -0.2) is 66.4 Å². The van der Waals surface area contributed by atoms with Gasteiger partial charge in [0.05, 0.1) is 0 Å². The van der Waals surface area contributed by atoms with Crippen LogP contribution in [0.2, 0.25) is 0 Å². The number of hydroxylamine groups is 2. The predicted octanol–water partition coefficient (Wildman–Crippen LogP) is 3.04. The van der Waals surface area contributed by atoms with Gasteiger partial charge in [-0.3, -0.25) is 4.79 Å². The van der Waals surface area contributed by atoms with Gasteiger partial charge >= 0.3 is 12.1 Å². The Kier molecular flexibility index (Phi) is 7.98. The van der Waals surface area contributed by atoms with E-state index in [1.54, 1.807) is 72.0 Å². The van der Waals surface area contributed by atoms with Crippen LogP contribution >= 0.6 is 0 Å². The Hall–Kier alpha value is -3.93. The molecule has 0 amide bonds. The van der Waals surface area contributed by atoms with Crippen LogP contribution in [0.25, 0.3) is 11.2 Å². The Morgan fingerprint density at radius 1 is 1.03 bits per heavy atom. The Morgan fingerprint density at radius 3 is 2.33 bits per heavy atom. The Balaban J connectivity index is 1.91. The highest BCUT2D eigenvalue weighted by molar-refractivity contribution is 5.77. The topological polar surface area (TPSA) is 138 Å². The lowest BCUT2D eigenvalue weighted by atomic mass is 10.1. The van der Waals surface area contributed by atoms with Gasteiger partial charge in [0.25, 0.3) is 0 Å². The van der Waals surface area contributed by atoms with E-state index in [9.17, 15) is 14.7 Å². The molecule has 36 heavy (non-hydrogen) atoms. The first kappa shape index (κ1) is 26.7. The molecule has 1 N–H and O–H groups in total. The number of phenolic OH excluding ortho intramolecular Hbond substituents is 1. The van der Waals surface area contributed by atoms with E-state index in [0.717, 1.165) is 9.91 Å². The quantitative estimate of drug-likeness (QED) is 0.277. The lowest BCUT2D eigenvalue weighted by Crippen LogP contribution is -2.49. The minimum absolute atomic E-state index is 0.0704. The SMILES string of the molecule is CC(C)(C)OC(=O)ON(COn1nnc2ncccc21)[C@H](Cc1ccc(O)cc1)C(=O)OC(C)(C)C. The molecule has 1 aromatic carbocycles. The fourth-order valence-corrected chi connectivity index (χ4v) is 3.03. The zero-order chi connectivity index (χ0) is 26.5. The van der Waals surface area contributed by atoms with Crippen LogP contribution in [0, 0.1) is 0 Å². The summed E-state index contributed by atoms with van der Waals surface area (Å²) < 4.78 is 10.9. The van der Waals surface area contributed by atoms with Crippen molar-refractivity contribution in [2.75, 3.05) is 6.73 Å². The summed E-state index contributed by atoms with van der Waals surface area (Å²) in [4.78, 5) is 42.2. The normalized spacial score (nSPS) is 12.9. The summed E-state index contributed by atoms with van der Waals surface area (Å²) in [5.41, 5.74) is -0.143. The molecule has 0 aliphatic carbocycles. The first-order valence-electron chi connectivity index (χ1n) is 11.3. The number of aromatic hydroxyl groups is 1. The molecule has 0 bridgehead atoms. The molecule has 3 aromatic rings. The maximum Gasteiger partial charge on any atom is 0.528 e. The molecule has 3 rings (SSSR count). The fraction of sp³-hybridized carbons (Fsp3) is 0.458. The molecule has 0 saturated carbocycles. The van der Waals surface area contributed by atoms with Gasteiger partial charge in [-0.15, -0.1) is 5.10 Å². The molecule has 0 unspecified atom stereocenters. The van der Waals surface area contributed by atoms with Gasteiger partial charge in [-0.05, 0) is 76.6 Å². The van der Waals surface area contributed by atoms with Gasteiger partial charge in [0, 0.05) is 12.6 Å². The van der Waals surface area contributed by atoms with E-state index >= 15 is 0 Å². The molecule has 0 saturated heterocycles. The number of pyridine rings is 1. The highest BCUT2D eigenvalue weighted by atomic mass is 16.8. The summed E-state index contributed by atoms with van der Waals surface area (Å²) in [5, 5.41) is 18.5. The number of phenols is 1. The highest BCUT2D eigenvalue weighted by Gasteiger charge is 2.35. The second-order valence-electron chi connectivity index (χ2n) is 9.96. The number of carbonyl (C=O) groups excluding carboxylic acids is 2. The van der Waals surface area contributed by atoms with Crippen molar-refractivity contribution in [3.8, 4) is 5.75 Å². The van der Waals surface area contributed by atoms with E-state index < -0.39 is 36.1 Å². The number of ether oxygens (including phenoxy) is 2. The summed E-state index contributed by atoms with van der Waals surface area (Å²) in [6, 6.07) is 8.54. The summed E-state index contributed by atoms with van der Waals surface area (Å²) >= 11 is 0. The molecule has 0 fully saturated rings. The van der Waals surface area contributed by atoms with Crippen LogP contribution < -0.4 is 4.84 Å². The largest absolute Gasteiger partial charge is 0.528 e. The summed E-state index contributed by atoms with van der Waals surface area (Å²) in [7, 11) is 0.